The monoisotopic (exact) mass is 311 g/mol. The number of nitro groups is 1. The van der Waals surface area contributed by atoms with E-state index >= 15 is 0 Å². The minimum absolute atomic E-state index is 0.139. The minimum Gasteiger partial charge on any atom is -0.298 e. The molecule has 0 N–H and O–H groups in total. The summed E-state index contributed by atoms with van der Waals surface area (Å²) in [6.45, 7) is 0. The van der Waals surface area contributed by atoms with Crippen LogP contribution in [0.1, 0.15) is 10.4 Å². The Kier molecular flexibility index (Phi) is 3.68. The van der Waals surface area contributed by atoms with E-state index in [1.54, 1.807) is 12.1 Å². The van der Waals surface area contributed by atoms with Crippen molar-refractivity contribution in [2.75, 3.05) is 0 Å². The average molecular weight is 311 g/mol. The Labute approximate surface area is 129 Å². The molecule has 0 bridgehead atoms. The number of halogens is 1. The molecule has 0 spiro atoms. The van der Waals surface area contributed by atoms with Crippen LogP contribution >= 0.6 is 0 Å². The molecule has 0 unspecified atom stereocenters. The van der Waals surface area contributed by atoms with Gasteiger partial charge in [0, 0.05) is 12.3 Å². The van der Waals surface area contributed by atoms with Gasteiger partial charge in [-0.3, -0.25) is 14.9 Å². The molecule has 0 aliphatic heterocycles. The molecule has 114 valence electrons. The number of carbonyl (C=O) groups is 1. The highest BCUT2D eigenvalue weighted by atomic mass is 19.1. The van der Waals surface area contributed by atoms with E-state index in [0.29, 0.717) is 12.0 Å². The highest BCUT2D eigenvalue weighted by Crippen LogP contribution is 2.30. The molecule has 0 atom stereocenters. The first-order valence-corrected chi connectivity index (χ1v) is 6.64. The largest absolute Gasteiger partial charge is 0.298 e. The second-order valence-corrected chi connectivity index (χ2v) is 4.75. The molecule has 7 heteroatoms. The lowest BCUT2D eigenvalue weighted by atomic mass is 10.1. The van der Waals surface area contributed by atoms with E-state index in [0.717, 1.165) is 0 Å². The van der Waals surface area contributed by atoms with E-state index in [-0.39, 0.29) is 22.5 Å². The third-order valence-corrected chi connectivity index (χ3v) is 3.32. The maximum atomic E-state index is 13.0. The maximum Gasteiger partial charge on any atom is 0.278 e. The van der Waals surface area contributed by atoms with E-state index < -0.39 is 10.7 Å². The zero-order valence-electron chi connectivity index (χ0n) is 11.7. The van der Waals surface area contributed by atoms with Crippen molar-refractivity contribution >= 4 is 12.0 Å². The third kappa shape index (κ3) is 2.71. The Morgan fingerprint density at radius 3 is 2.48 bits per heavy atom. The van der Waals surface area contributed by atoms with Gasteiger partial charge in [0.25, 0.3) is 5.69 Å². The van der Waals surface area contributed by atoms with E-state index in [2.05, 4.69) is 5.10 Å². The number of para-hydroxylation sites is 1. The van der Waals surface area contributed by atoms with Gasteiger partial charge in [-0.15, -0.1) is 0 Å². The molecular formula is C16H10FN3O3. The molecule has 0 amide bonds. The Morgan fingerprint density at radius 2 is 1.83 bits per heavy atom. The molecule has 3 rings (SSSR count). The van der Waals surface area contributed by atoms with Crippen LogP contribution in [-0.4, -0.2) is 21.0 Å². The Balaban J connectivity index is 2.16. The van der Waals surface area contributed by atoms with Crippen LogP contribution in [0.4, 0.5) is 10.1 Å². The van der Waals surface area contributed by atoms with E-state index in [9.17, 15) is 19.3 Å². The molecule has 0 saturated heterocycles. The Bertz CT molecular complexity index is 888. The first kappa shape index (κ1) is 14.6. The van der Waals surface area contributed by atoms with Gasteiger partial charge < -0.3 is 0 Å². The Hall–Kier alpha value is -3.35. The number of hydrogen-bond donors (Lipinski definition) is 0. The van der Waals surface area contributed by atoms with E-state index in [4.69, 9.17) is 0 Å². The zero-order valence-corrected chi connectivity index (χ0v) is 11.7. The summed E-state index contributed by atoms with van der Waals surface area (Å²) in [4.78, 5) is 21.9. The maximum absolute atomic E-state index is 13.0. The number of rotatable bonds is 4. The quantitative estimate of drug-likeness (QED) is 0.420. The van der Waals surface area contributed by atoms with Gasteiger partial charge in [0.1, 0.15) is 11.5 Å². The number of hydrogen-bond acceptors (Lipinski definition) is 4. The summed E-state index contributed by atoms with van der Waals surface area (Å²) in [6.07, 6.45) is 2.03. The van der Waals surface area contributed by atoms with Crippen molar-refractivity contribution in [2.45, 2.75) is 0 Å². The minimum atomic E-state index is -0.527. The first-order valence-electron chi connectivity index (χ1n) is 6.64. The van der Waals surface area contributed by atoms with Gasteiger partial charge >= 0.3 is 0 Å². The fourth-order valence-electron chi connectivity index (χ4n) is 2.24. The topological polar surface area (TPSA) is 78.0 Å². The summed E-state index contributed by atoms with van der Waals surface area (Å²) in [5.41, 5.74) is 1.07. The predicted octanol–water partition coefficient (Wildman–Crippen LogP) is 3.40. The molecule has 1 heterocycles. The normalized spacial score (nSPS) is 10.5. The lowest BCUT2D eigenvalue weighted by Crippen LogP contribution is -1.96. The molecular weight excluding hydrogens is 301 g/mol. The van der Waals surface area contributed by atoms with Crippen LogP contribution < -0.4 is 0 Å². The number of aldehydes is 1. The molecule has 23 heavy (non-hydrogen) atoms. The number of aromatic nitrogens is 2. The average Bonchev–Trinajstić information content (AvgIpc) is 2.99. The first-order chi connectivity index (χ1) is 11.1. The molecule has 1 aromatic heterocycles. The summed E-state index contributed by atoms with van der Waals surface area (Å²) in [5, 5.41) is 15.4. The van der Waals surface area contributed by atoms with Crippen molar-refractivity contribution in [1.29, 1.82) is 0 Å². The second kappa shape index (κ2) is 5.80. The van der Waals surface area contributed by atoms with Crippen LogP contribution in [0.2, 0.25) is 0 Å². The summed E-state index contributed by atoms with van der Waals surface area (Å²) in [6, 6.07) is 11.6. The van der Waals surface area contributed by atoms with Crippen molar-refractivity contribution in [2.24, 2.45) is 0 Å². The molecule has 6 nitrogen and oxygen atoms in total. The third-order valence-electron chi connectivity index (χ3n) is 3.32. The van der Waals surface area contributed by atoms with Crippen molar-refractivity contribution in [1.82, 2.24) is 9.78 Å². The lowest BCUT2D eigenvalue weighted by Gasteiger charge is -2.01. The zero-order chi connectivity index (χ0) is 16.4. The van der Waals surface area contributed by atoms with Crippen LogP contribution in [-0.2, 0) is 0 Å². The van der Waals surface area contributed by atoms with Crippen LogP contribution in [0.5, 0.6) is 0 Å². The molecule has 3 aromatic rings. The van der Waals surface area contributed by atoms with Crippen LogP contribution in [0.3, 0.4) is 0 Å². The van der Waals surface area contributed by atoms with Crippen LogP contribution in [0.25, 0.3) is 16.9 Å². The number of carbonyl (C=O) groups excluding carboxylic acids is 1. The van der Waals surface area contributed by atoms with E-state index in [1.807, 2.05) is 0 Å². The fourth-order valence-corrected chi connectivity index (χ4v) is 2.24. The predicted molar refractivity (Wildman–Crippen MR) is 81.0 cm³/mol. The molecule has 2 aromatic carbocycles. The van der Waals surface area contributed by atoms with Crippen LogP contribution in [0.15, 0.2) is 54.7 Å². The van der Waals surface area contributed by atoms with Gasteiger partial charge in [-0.05, 0) is 30.3 Å². The summed E-state index contributed by atoms with van der Waals surface area (Å²) < 4.78 is 14.4. The lowest BCUT2D eigenvalue weighted by molar-refractivity contribution is -0.384. The SMILES string of the molecule is O=Cc1cn(-c2ccc(F)cc2)nc1-c1ccccc1[N+](=O)[O-]. The summed E-state index contributed by atoms with van der Waals surface area (Å²) in [5.74, 6) is -0.393. The summed E-state index contributed by atoms with van der Waals surface area (Å²) >= 11 is 0. The number of nitrogens with zero attached hydrogens (tertiary/aromatic N) is 3. The van der Waals surface area contributed by atoms with Gasteiger partial charge in [-0.2, -0.15) is 5.10 Å². The summed E-state index contributed by atoms with van der Waals surface area (Å²) in [7, 11) is 0. The van der Waals surface area contributed by atoms with Crippen molar-refractivity contribution in [3.63, 3.8) is 0 Å². The standard InChI is InChI=1S/C16H10FN3O3/c17-12-5-7-13(8-6-12)19-9-11(10-21)16(18-19)14-3-1-2-4-15(14)20(22)23/h1-10H. The highest BCUT2D eigenvalue weighted by Gasteiger charge is 2.20. The smallest absolute Gasteiger partial charge is 0.278 e. The molecule has 0 aliphatic rings. The van der Waals surface area contributed by atoms with Crippen molar-refractivity contribution < 1.29 is 14.1 Å². The second-order valence-electron chi connectivity index (χ2n) is 4.75. The fraction of sp³-hybridized carbons (Fsp3) is 0. The molecule has 0 radical (unpaired) electrons. The molecule has 0 fully saturated rings. The van der Waals surface area contributed by atoms with E-state index in [1.165, 1.54) is 47.3 Å². The van der Waals surface area contributed by atoms with Gasteiger partial charge in [0.05, 0.1) is 21.7 Å². The van der Waals surface area contributed by atoms with Crippen molar-refractivity contribution in [3.05, 3.63) is 76.2 Å². The van der Waals surface area contributed by atoms with Gasteiger partial charge in [0.2, 0.25) is 0 Å². The highest BCUT2D eigenvalue weighted by molar-refractivity contribution is 5.88. The van der Waals surface area contributed by atoms with Gasteiger partial charge in [0.15, 0.2) is 6.29 Å². The Morgan fingerprint density at radius 1 is 1.13 bits per heavy atom. The number of nitro benzene ring substituents is 1. The van der Waals surface area contributed by atoms with Crippen LogP contribution in [0, 0.1) is 15.9 Å². The molecule has 0 aliphatic carbocycles. The van der Waals surface area contributed by atoms with Gasteiger partial charge in [-0.1, -0.05) is 12.1 Å². The van der Waals surface area contributed by atoms with Gasteiger partial charge in [-0.25, -0.2) is 9.07 Å². The molecule has 0 saturated carbocycles. The van der Waals surface area contributed by atoms with Crippen molar-refractivity contribution in [3.8, 4) is 16.9 Å². The number of benzene rings is 2.